The Bertz CT molecular complexity index is 1240. The molecule has 0 atom stereocenters. The van der Waals surface area contributed by atoms with Crippen LogP contribution in [0.25, 0.3) is 21.2 Å². The van der Waals surface area contributed by atoms with Crippen LogP contribution in [0, 0.1) is 0 Å². The molecule has 5 nitrogen and oxygen atoms in total. The maximum absolute atomic E-state index is 13.1. The molecule has 1 heterocycles. The fraction of sp³-hybridized carbons (Fsp3) is 0.0476. The van der Waals surface area contributed by atoms with Crippen molar-refractivity contribution < 1.29 is 18.0 Å². The molecule has 3 aromatic carbocycles. The summed E-state index contributed by atoms with van der Waals surface area (Å²) in [7, 11) is 0. The van der Waals surface area contributed by atoms with E-state index in [1.807, 2.05) is 18.2 Å². The highest BCUT2D eigenvalue weighted by atomic mass is 32.1. The second kappa shape index (κ2) is 7.34. The van der Waals surface area contributed by atoms with Gasteiger partial charge in [0.1, 0.15) is 5.82 Å². The van der Waals surface area contributed by atoms with Crippen molar-refractivity contribution in [3.63, 3.8) is 0 Å². The van der Waals surface area contributed by atoms with E-state index in [1.54, 1.807) is 24.3 Å². The van der Waals surface area contributed by atoms with Crippen LogP contribution < -0.4 is 16.4 Å². The van der Waals surface area contributed by atoms with E-state index in [4.69, 9.17) is 11.5 Å². The van der Waals surface area contributed by atoms with Gasteiger partial charge in [-0.15, -0.1) is 0 Å². The highest BCUT2D eigenvalue weighted by molar-refractivity contribution is 7.13. The van der Waals surface area contributed by atoms with E-state index in [9.17, 15) is 18.0 Å². The molecule has 9 heteroatoms. The van der Waals surface area contributed by atoms with Crippen LogP contribution in [-0.4, -0.2) is 10.4 Å². The van der Waals surface area contributed by atoms with Gasteiger partial charge >= 0.3 is 12.2 Å². The Morgan fingerprint density at radius 1 is 0.967 bits per heavy atom. The van der Waals surface area contributed by atoms with E-state index < -0.39 is 17.8 Å². The predicted octanol–water partition coefficient (Wildman–Crippen LogP) is 5.78. The van der Waals surface area contributed by atoms with E-state index in [0.717, 1.165) is 38.2 Å². The number of benzene rings is 3. The van der Waals surface area contributed by atoms with Crippen LogP contribution in [-0.2, 0) is 6.18 Å². The van der Waals surface area contributed by atoms with Crippen molar-refractivity contribution in [2.45, 2.75) is 6.18 Å². The number of amides is 2. The SMILES string of the molecule is NC(=O)N(c1ccc(-c2cccc3snc(N)c23)cc1)c1cccc(C(F)(F)F)c1. The first-order chi connectivity index (χ1) is 14.3. The minimum absolute atomic E-state index is 0.0263. The standard InChI is InChI=1S/C21H15F3N4OS/c22-21(23,24)13-3-1-4-15(11-13)28(20(26)29)14-9-7-12(8-10-14)16-5-2-6-17-18(16)19(25)27-30-17/h1-11H,(H2,25,27)(H2,26,29). The molecule has 4 N–H and O–H groups in total. The number of urea groups is 1. The summed E-state index contributed by atoms with van der Waals surface area (Å²) in [6.45, 7) is 0. The summed E-state index contributed by atoms with van der Waals surface area (Å²) in [4.78, 5) is 13.1. The molecule has 0 saturated heterocycles. The summed E-state index contributed by atoms with van der Waals surface area (Å²) >= 11 is 1.30. The smallest absolute Gasteiger partial charge is 0.382 e. The molecule has 0 aliphatic heterocycles. The van der Waals surface area contributed by atoms with Crippen molar-refractivity contribution >= 4 is 44.8 Å². The summed E-state index contributed by atoms with van der Waals surface area (Å²) in [6.07, 6.45) is -4.53. The largest absolute Gasteiger partial charge is 0.416 e. The fourth-order valence-corrected chi connectivity index (χ4v) is 4.00. The number of hydrogen-bond acceptors (Lipinski definition) is 4. The molecule has 4 rings (SSSR count). The number of anilines is 3. The molecule has 0 saturated carbocycles. The van der Waals surface area contributed by atoms with Gasteiger partial charge in [0.25, 0.3) is 0 Å². The Labute approximate surface area is 173 Å². The normalized spacial score (nSPS) is 11.6. The number of aromatic nitrogens is 1. The van der Waals surface area contributed by atoms with Gasteiger partial charge in [-0.3, -0.25) is 4.90 Å². The predicted molar refractivity (Wildman–Crippen MR) is 113 cm³/mol. The summed E-state index contributed by atoms with van der Waals surface area (Å²) < 4.78 is 44.3. The number of nitrogens with zero attached hydrogens (tertiary/aromatic N) is 2. The quantitative estimate of drug-likeness (QED) is 0.434. The maximum atomic E-state index is 13.1. The maximum Gasteiger partial charge on any atom is 0.416 e. The van der Waals surface area contributed by atoms with Gasteiger partial charge in [-0.2, -0.15) is 17.5 Å². The van der Waals surface area contributed by atoms with Gasteiger partial charge in [0.2, 0.25) is 0 Å². The molecule has 0 radical (unpaired) electrons. The van der Waals surface area contributed by atoms with Crippen LogP contribution in [0.3, 0.4) is 0 Å². The van der Waals surface area contributed by atoms with Crippen molar-refractivity contribution in [1.82, 2.24) is 4.37 Å². The van der Waals surface area contributed by atoms with E-state index in [-0.39, 0.29) is 5.69 Å². The Kier molecular flexibility index (Phi) is 4.83. The van der Waals surface area contributed by atoms with E-state index in [1.165, 1.54) is 23.7 Å². The zero-order valence-electron chi connectivity index (χ0n) is 15.4. The number of alkyl halides is 3. The molecule has 2 amide bonds. The lowest BCUT2D eigenvalue weighted by Crippen LogP contribution is -2.31. The third-order valence-corrected chi connectivity index (χ3v) is 5.44. The zero-order valence-corrected chi connectivity index (χ0v) is 16.2. The van der Waals surface area contributed by atoms with Crippen molar-refractivity contribution in [3.8, 4) is 11.1 Å². The average Bonchev–Trinajstić information content (AvgIpc) is 3.09. The van der Waals surface area contributed by atoms with E-state index in [2.05, 4.69) is 4.37 Å². The highest BCUT2D eigenvalue weighted by Crippen LogP contribution is 2.37. The first-order valence-corrected chi connectivity index (χ1v) is 9.54. The number of carbonyl (C=O) groups is 1. The molecule has 0 aliphatic carbocycles. The number of nitrogen functional groups attached to an aromatic ring is 1. The van der Waals surface area contributed by atoms with Crippen molar-refractivity contribution in [2.24, 2.45) is 5.73 Å². The Morgan fingerprint density at radius 3 is 2.33 bits per heavy atom. The van der Waals surface area contributed by atoms with Gasteiger partial charge in [-0.25, -0.2) is 4.79 Å². The molecule has 30 heavy (non-hydrogen) atoms. The number of halogens is 3. The molecule has 0 aliphatic rings. The molecule has 152 valence electrons. The number of primary amides is 1. The van der Waals surface area contributed by atoms with Crippen LogP contribution in [0.4, 0.5) is 35.2 Å². The molecule has 0 fully saturated rings. The zero-order chi connectivity index (χ0) is 21.5. The minimum Gasteiger partial charge on any atom is -0.382 e. The summed E-state index contributed by atoms with van der Waals surface area (Å²) in [5.41, 5.74) is 12.7. The van der Waals surface area contributed by atoms with Gasteiger partial charge in [0.15, 0.2) is 0 Å². The highest BCUT2D eigenvalue weighted by Gasteiger charge is 2.31. The first kappa shape index (κ1) is 19.7. The molecular formula is C21H15F3N4OS. The number of rotatable bonds is 3. The number of nitrogens with two attached hydrogens (primary N) is 2. The van der Waals surface area contributed by atoms with Gasteiger partial charge in [-0.05, 0) is 59.1 Å². The van der Waals surface area contributed by atoms with E-state index >= 15 is 0 Å². The minimum atomic E-state index is -4.53. The summed E-state index contributed by atoms with van der Waals surface area (Å²) in [5.74, 6) is 0.428. The van der Waals surface area contributed by atoms with Crippen LogP contribution in [0.2, 0.25) is 0 Å². The Hall–Kier alpha value is -3.59. The summed E-state index contributed by atoms with van der Waals surface area (Å²) in [5, 5.41) is 0.833. The first-order valence-electron chi connectivity index (χ1n) is 8.77. The second-order valence-corrected chi connectivity index (χ2v) is 7.32. The van der Waals surface area contributed by atoms with Crippen LogP contribution in [0.1, 0.15) is 5.56 Å². The van der Waals surface area contributed by atoms with E-state index in [0.29, 0.717) is 11.5 Å². The second-order valence-electron chi connectivity index (χ2n) is 6.52. The van der Waals surface area contributed by atoms with Crippen LogP contribution in [0.5, 0.6) is 0 Å². The van der Waals surface area contributed by atoms with Gasteiger partial charge in [0.05, 0.1) is 21.6 Å². The van der Waals surface area contributed by atoms with Crippen molar-refractivity contribution in [2.75, 3.05) is 10.6 Å². The number of fused-ring (bicyclic) bond motifs is 1. The van der Waals surface area contributed by atoms with Crippen LogP contribution >= 0.6 is 11.5 Å². The van der Waals surface area contributed by atoms with Crippen molar-refractivity contribution in [3.05, 3.63) is 72.3 Å². The Morgan fingerprint density at radius 2 is 1.67 bits per heavy atom. The van der Waals surface area contributed by atoms with Gasteiger partial charge in [-0.1, -0.05) is 30.3 Å². The Balaban J connectivity index is 1.75. The summed E-state index contributed by atoms with van der Waals surface area (Å²) in [6, 6.07) is 16.0. The van der Waals surface area contributed by atoms with Gasteiger partial charge < -0.3 is 11.5 Å². The lowest BCUT2D eigenvalue weighted by atomic mass is 10.0. The lowest BCUT2D eigenvalue weighted by Gasteiger charge is -2.22. The van der Waals surface area contributed by atoms with Crippen LogP contribution in [0.15, 0.2) is 66.7 Å². The average molecular weight is 428 g/mol. The molecule has 0 bridgehead atoms. The van der Waals surface area contributed by atoms with Crippen molar-refractivity contribution in [1.29, 1.82) is 0 Å². The molecule has 4 aromatic rings. The lowest BCUT2D eigenvalue weighted by molar-refractivity contribution is -0.137. The monoisotopic (exact) mass is 428 g/mol. The fourth-order valence-electron chi connectivity index (χ4n) is 3.27. The number of hydrogen-bond donors (Lipinski definition) is 2. The molecule has 1 aromatic heterocycles. The number of carbonyl (C=O) groups excluding carboxylic acids is 1. The van der Waals surface area contributed by atoms with Gasteiger partial charge in [0, 0.05) is 5.39 Å². The molecule has 0 unspecified atom stereocenters. The molecule has 0 spiro atoms. The third kappa shape index (κ3) is 3.55. The topological polar surface area (TPSA) is 85.2 Å². The molecular weight excluding hydrogens is 413 g/mol. The third-order valence-electron chi connectivity index (χ3n) is 4.61.